The third-order valence-electron chi connectivity index (χ3n) is 2.75. The van der Waals surface area contributed by atoms with Crippen LogP contribution in [0, 0.1) is 0 Å². The van der Waals surface area contributed by atoms with Gasteiger partial charge < -0.3 is 9.07 Å². The average Bonchev–Trinajstić information content (AvgIpc) is 2.92. The molecule has 0 radical (unpaired) electrons. The van der Waals surface area contributed by atoms with Crippen LogP contribution in [-0.4, -0.2) is 25.0 Å². The smallest absolute Gasteiger partial charge is 0.534 e. The molecule has 5 nitrogen and oxygen atoms in total. The summed E-state index contributed by atoms with van der Waals surface area (Å²) in [4.78, 5) is 18.5. The van der Waals surface area contributed by atoms with Gasteiger partial charge in [-0.2, -0.15) is 0 Å². The minimum atomic E-state index is -0.701. The first-order valence-electron chi connectivity index (χ1n) is 5.48. The summed E-state index contributed by atoms with van der Waals surface area (Å²) >= 11 is 0. The number of rotatable bonds is 2. The van der Waals surface area contributed by atoms with Gasteiger partial charge in [0.1, 0.15) is 11.4 Å². The number of hydrogen-bond donors (Lipinski definition) is 0. The Hall–Kier alpha value is -2.21. The number of amides is 1. The monoisotopic (exact) mass is 243 g/mol. The fraction of sp³-hybridized carbons (Fsp3) is 0.0833. The topological polar surface area (TPSA) is 51.9 Å². The highest BCUT2D eigenvalue weighted by atomic mass is 16.7. The van der Waals surface area contributed by atoms with Crippen LogP contribution in [0.4, 0.5) is 0 Å². The van der Waals surface area contributed by atoms with E-state index in [0.717, 1.165) is 4.97 Å². The molecule has 0 saturated carbocycles. The molecule has 0 unspecified atom stereocenters. The summed E-state index contributed by atoms with van der Waals surface area (Å²) in [6.45, 7) is 0. The van der Waals surface area contributed by atoms with Gasteiger partial charge in [0.2, 0.25) is 0 Å². The van der Waals surface area contributed by atoms with E-state index in [-0.39, 0.29) is 5.91 Å². The summed E-state index contributed by atoms with van der Waals surface area (Å²) in [5, 5.41) is 0. The lowest BCUT2D eigenvalue weighted by molar-refractivity contribution is -0.0441. The predicted octanol–water partition coefficient (Wildman–Crippen LogP) is 1.07. The normalized spacial score (nSPS) is 14.4. The molecular formula is C12H10BNO4. The van der Waals surface area contributed by atoms with Crippen LogP contribution in [0.25, 0.3) is 0 Å². The van der Waals surface area contributed by atoms with Crippen LogP contribution < -0.4 is 10.3 Å². The Balaban J connectivity index is 2.06. The van der Waals surface area contributed by atoms with Crippen LogP contribution in [0.3, 0.4) is 0 Å². The van der Waals surface area contributed by atoms with Crippen molar-refractivity contribution in [3.8, 4) is 5.75 Å². The number of hydrogen-bond acceptors (Lipinski definition) is 4. The number of nitrogens with zero attached hydrogens (tertiary/aromatic N) is 1. The van der Waals surface area contributed by atoms with Gasteiger partial charge in [-0.25, -0.2) is 4.97 Å². The average molecular weight is 243 g/mol. The highest BCUT2D eigenvalue weighted by Crippen LogP contribution is 2.26. The maximum absolute atomic E-state index is 12.2. The molecule has 18 heavy (non-hydrogen) atoms. The maximum Gasteiger partial charge on any atom is 0.585 e. The standard InChI is InChI=1S/C12H10BNO4/c1-16-14-12(15)9-5-2-3-6-10(9)18-13(14)11-7-4-8-17-11/h2-8H,1H3. The number of fused-ring (bicyclic) bond motifs is 1. The lowest BCUT2D eigenvalue weighted by atomic mass is 9.76. The van der Waals surface area contributed by atoms with Crippen molar-refractivity contribution in [2.45, 2.75) is 0 Å². The first kappa shape index (κ1) is 10.9. The Bertz CT molecular complexity index is 569. The lowest BCUT2D eigenvalue weighted by Gasteiger charge is -2.30. The van der Waals surface area contributed by atoms with Crippen molar-refractivity contribution < 1.29 is 18.7 Å². The minimum Gasteiger partial charge on any atom is -0.534 e. The lowest BCUT2D eigenvalue weighted by Crippen LogP contribution is -2.57. The zero-order valence-corrected chi connectivity index (χ0v) is 9.70. The van der Waals surface area contributed by atoms with Gasteiger partial charge in [0.25, 0.3) is 5.91 Å². The molecule has 0 fully saturated rings. The number of hydroxylamine groups is 1. The molecule has 0 bridgehead atoms. The maximum atomic E-state index is 12.2. The first-order chi connectivity index (χ1) is 8.81. The molecule has 0 atom stereocenters. The van der Waals surface area contributed by atoms with Crippen molar-refractivity contribution in [1.82, 2.24) is 4.97 Å². The van der Waals surface area contributed by atoms with E-state index in [2.05, 4.69) is 0 Å². The Morgan fingerprint density at radius 1 is 1.22 bits per heavy atom. The molecule has 1 aliphatic rings. The second kappa shape index (κ2) is 4.23. The Morgan fingerprint density at radius 3 is 2.78 bits per heavy atom. The fourth-order valence-corrected chi connectivity index (χ4v) is 1.92. The zero-order valence-electron chi connectivity index (χ0n) is 9.70. The van der Waals surface area contributed by atoms with E-state index < -0.39 is 7.05 Å². The van der Waals surface area contributed by atoms with E-state index in [9.17, 15) is 4.79 Å². The molecule has 0 saturated heterocycles. The van der Waals surface area contributed by atoms with Crippen LogP contribution in [0.15, 0.2) is 47.1 Å². The molecular weight excluding hydrogens is 233 g/mol. The van der Waals surface area contributed by atoms with E-state index in [0.29, 0.717) is 17.0 Å². The van der Waals surface area contributed by atoms with Gasteiger partial charge in [-0.3, -0.25) is 9.63 Å². The number of benzene rings is 1. The summed E-state index contributed by atoms with van der Waals surface area (Å²) in [6, 6.07) is 10.5. The second-order valence-electron chi connectivity index (χ2n) is 3.80. The van der Waals surface area contributed by atoms with E-state index in [4.69, 9.17) is 13.9 Å². The predicted molar refractivity (Wildman–Crippen MR) is 64.3 cm³/mol. The molecule has 3 rings (SSSR count). The van der Waals surface area contributed by atoms with E-state index in [1.807, 2.05) is 6.07 Å². The number of carbonyl (C=O) groups excluding carboxylic acids is 1. The summed E-state index contributed by atoms with van der Waals surface area (Å²) in [5.74, 6) is 0.276. The molecule has 1 aromatic heterocycles. The molecule has 1 aliphatic heterocycles. The van der Waals surface area contributed by atoms with Gasteiger partial charge in [0.05, 0.1) is 18.9 Å². The summed E-state index contributed by atoms with van der Waals surface area (Å²) in [7, 11) is 0.720. The molecule has 1 aromatic carbocycles. The molecule has 0 spiro atoms. The van der Waals surface area contributed by atoms with Crippen LogP contribution in [-0.2, 0) is 4.84 Å². The van der Waals surface area contributed by atoms with Crippen molar-refractivity contribution >= 4 is 18.6 Å². The SMILES string of the molecule is CON1B(c2ccco2)Oc2ccccc2C1=O. The Kier molecular flexibility index (Phi) is 2.57. The zero-order chi connectivity index (χ0) is 12.5. The Morgan fingerprint density at radius 2 is 2.06 bits per heavy atom. The van der Waals surface area contributed by atoms with E-state index in [1.165, 1.54) is 13.4 Å². The molecule has 1 amide bonds. The third kappa shape index (κ3) is 1.58. The van der Waals surface area contributed by atoms with Crippen molar-refractivity contribution in [3.05, 3.63) is 48.2 Å². The largest absolute Gasteiger partial charge is 0.585 e. The molecule has 2 heterocycles. The minimum absolute atomic E-state index is 0.249. The van der Waals surface area contributed by atoms with Crippen molar-refractivity contribution in [2.24, 2.45) is 0 Å². The molecule has 0 N–H and O–H groups in total. The third-order valence-corrected chi connectivity index (χ3v) is 2.75. The summed E-state index contributed by atoms with van der Waals surface area (Å²) < 4.78 is 11.0. The molecule has 90 valence electrons. The van der Waals surface area contributed by atoms with Gasteiger partial charge >= 0.3 is 7.05 Å². The Labute approximate surface area is 104 Å². The van der Waals surface area contributed by atoms with Crippen LogP contribution >= 0.6 is 0 Å². The highest BCUT2D eigenvalue weighted by Gasteiger charge is 2.43. The van der Waals surface area contributed by atoms with E-state index in [1.54, 1.807) is 30.3 Å². The highest BCUT2D eigenvalue weighted by molar-refractivity contribution is 6.67. The first-order valence-corrected chi connectivity index (χ1v) is 5.48. The van der Waals surface area contributed by atoms with Crippen LogP contribution in [0.1, 0.15) is 10.4 Å². The molecule has 6 heteroatoms. The van der Waals surface area contributed by atoms with Crippen LogP contribution in [0.2, 0.25) is 0 Å². The number of furan rings is 1. The van der Waals surface area contributed by atoms with Gasteiger partial charge in [-0.15, -0.1) is 0 Å². The van der Waals surface area contributed by atoms with Gasteiger partial charge in [0, 0.05) is 0 Å². The van der Waals surface area contributed by atoms with E-state index >= 15 is 0 Å². The molecule has 0 aliphatic carbocycles. The van der Waals surface area contributed by atoms with Gasteiger partial charge in [-0.05, 0) is 24.3 Å². The summed E-state index contributed by atoms with van der Waals surface area (Å²) in [6.07, 6.45) is 1.53. The van der Waals surface area contributed by atoms with Crippen molar-refractivity contribution in [2.75, 3.05) is 7.11 Å². The number of para-hydroxylation sites is 1. The molecule has 2 aromatic rings. The van der Waals surface area contributed by atoms with Crippen molar-refractivity contribution in [3.63, 3.8) is 0 Å². The van der Waals surface area contributed by atoms with Gasteiger partial charge in [-0.1, -0.05) is 12.1 Å². The van der Waals surface area contributed by atoms with Gasteiger partial charge in [0.15, 0.2) is 0 Å². The van der Waals surface area contributed by atoms with Crippen LogP contribution in [0.5, 0.6) is 5.75 Å². The number of carbonyl (C=O) groups is 1. The summed E-state index contributed by atoms with van der Waals surface area (Å²) in [5.41, 5.74) is 0.988. The quantitative estimate of drug-likeness (QED) is 0.740. The fourth-order valence-electron chi connectivity index (χ4n) is 1.92. The second-order valence-corrected chi connectivity index (χ2v) is 3.80. The van der Waals surface area contributed by atoms with Crippen molar-refractivity contribution in [1.29, 1.82) is 0 Å².